The molecule has 1 spiro atoms. The molecule has 3 aromatic heterocycles. The van der Waals surface area contributed by atoms with Gasteiger partial charge in [-0.25, -0.2) is 9.37 Å². The molecule has 2 atom stereocenters. The van der Waals surface area contributed by atoms with E-state index in [1.165, 1.54) is 13.2 Å². The van der Waals surface area contributed by atoms with Gasteiger partial charge in [-0.1, -0.05) is 0 Å². The maximum absolute atomic E-state index is 14.4. The van der Waals surface area contributed by atoms with Crippen LogP contribution in [0.5, 0.6) is 5.88 Å². The van der Waals surface area contributed by atoms with Crippen LogP contribution in [0.2, 0.25) is 0 Å². The van der Waals surface area contributed by atoms with Gasteiger partial charge in [0, 0.05) is 55.0 Å². The molecule has 11 heteroatoms. The van der Waals surface area contributed by atoms with Crippen molar-refractivity contribution >= 4 is 17.5 Å². The lowest BCUT2D eigenvalue weighted by Gasteiger charge is -2.39. The molecule has 3 aliphatic rings. The summed E-state index contributed by atoms with van der Waals surface area (Å²) >= 11 is 0. The van der Waals surface area contributed by atoms with E-state index in [9.17, 15) is 14.0 Å². The van der Waals surface area contributed by atoms with Gasteiger partial charge in [0.2, 0.25) is 11.8 Å². The molecule has 0 bridgehead atoms. The monoisotopic (exact) mass is 519 g/mol. The summed E-state index contributed by atoms with van der Waals surface area (Å²) in [4.78, 5) is 38.8. The number of nitrogens with one attached hydrogen (secondary N) is 2. The van der Waals surface area contributed by atoms with Gasteiger partial charge in [-0.3, -0.25) is 19.7 Å². The number of anilines is 1. The van der Waals surface area contributed by atoms with Gasteiger partial charge in [0.05, 0.1) is 30.9 Å². The van der Waals surface area contributed by atoms with E-state index in [2.05, 4.69) is 30.4 Å². The highest BCUT2D eigenvalue weighted by Gasteiger charge is 2.54. The highest BCUT2D eigenvalue weighted by atomic mass is 19.1. The second kappa shape index (κ2) is 9.70. The highest BCUT2D eigenvalue weighted by Crippen LogP contribution is 2.50. The number of carbonyl (C=O) groups excluding carboxylic acids is 2. The predicted octanol–water partition coefficient (Wildman–Crippen LogP) is 2.79. The number of likely N-dealkylation sites (tertiary alicyclic amines) is 1. The van der Waals surface area contributed by atoms with Crippen LogP contribution in [0.3, 0.4) is 0 Å². The van der Waals surface area contributed by atoms with E-state index in [0.29, 0.717) is 25.1 Å². The Labute approximate surface area is 219 Å². The van der Waals surface area contributed by atoms with Crippen LogP contribution >= 0.6 is 0 Å². The number of H-pyrrole nitrogens is 1. The van der Waals surface area contributed by atoms with Crippen LogP contribution in [-0.4, -0.2) is 75.2 Å². The Kier molecular flexibility index (Phi) is 6.21. The minimum absolute atomic E-state index is 0.0746. The molecule has 2 N–H and O–H groups in total. The Bertz CT molecular complexity index is 1340. The van der Waals surface area contributed by atoms with Crippen molar-refractivity contribution < 1.29 is 18.7 Å². The molecule has 1 aliphatic carbocycles. The van der Waals surface area contributed by atoms with Crippen LogP contribution in [0.4, 0.5) is 10.1 Å². The van der Waals surface area contributed by atoms with Gasteiger partial charge >= 0.3 is 0 Å². The number of aromatic nitrogens is 4. The first kappa shape index (κ1) is 24.3. The number of amides is 2. The van der Waals surface area contributed by atoms with Gasteiger partial charge in [0.1, 0.15) is 0 Å². The second-order valence-electron chi connectivity index (χ2n) is 10.4. The number of aromatic amines is 1. The molecule has 3 fully saturated rings. The van der Waals surface area contributed by atoms with Gasteiger partial charge in [-0.05, 0) is 50.3 Å². The molecule has 2 aliphatic heterocycles. The summed E-state index contributed by atoms with van der Waals surface area (Å²) in [5, 5.41) is 10.2. The van der Waals surface area contributed by atoms with E-state index in [0.717, 1.165) is 44.2 Å². The van der Waals surface area contributed by atoms with Crippen molar-refractivity contribution in [2.75, 3.05) is 31.6 Å². The molecule has 10 nitrogen and oxygen atoms in total. The first-order valence-electron chi connectivity index (χ1n) is 13.0. The summed E-state index contributed by atoms with van der Waals surface area (Å²) in [6.45, 7) is 2.14. The third-order valence-corrected chi connectivity index (χ3v) is 8.02. The summed E-state index contributed by atoms with van der Waals surface area (Å²) in [6, 6.07) is 7.08. The van der Waals surface area contributed by atoms with Crippen LogP contribution in [0.25, 0.3) is 11.3 Å². The van der Waals surface area contributed by atoms with Crippen molar-refractivity contribution in [2.24, 2.45) is 5.92 Å². The number of hydrogen-bond donors (Lipinski definition) is 2. The minimum Gasteiger partial charge on any atom is -0.481 e. The van der Waals surface area contributed by atoms with Gasteiger partial charge in [0.25, 0.3) is 5.91 Å². The van der Waals surface area contributed by atoms with Crippen molar-refractivity contribution in [3.05, 3.63) is 54.4 Å². The number of carbonyl (C=O) groups is 2. The normalized spacial score (nSPS) is 21.9. The number of hydrogen-bond acceptors (Lipinski definition) is 7. The van der Waals surface area contributed by atoms with Gasteiger partial charge < -0.3 is 19.9 Å². The number of halogens is 1. The van der Waals surface area contributed by atoms with Crippen LogP contribution in [0, 0.1) is 11.7 Å². The standard InChI is InChI=1S/C27H30FN7O3/c1-38-24-11-20(21(28)15-30-24)22-12-23(33-32-22)26(37)35-10-4-17(13-27(35)6-7-27)25(36)31-18-5-9-34(16-18)19-3-2-8-29-14-19/h2-3,8,11-12,14-15,17-18H,4-7,9-10,13,16H2,1H3,(H,31,36)(H,32,33)/t17-,18-/m0/s1. The Hall–Kier alpha value is -4.02. The van der Waals surface area contributed by atoms with E-state index < -0.39 is 5.82 Å². The summed E-state index contributed by atoms with van der Waals surface area (Å²) in [5.74, 6) is -0.519. The molecular formula is C27H30FN7O3. The second-order valence-corrected chi connectivity index (χ2v) is 10.4. The summed E-state index contributed by atoms with van der Waals surface area (Å²) in [7, 11) is 1.45. The van der Waals surface area contributed by atoms with Crippen molar-refractivity contribution in [1.29, 1.82) is 0 Å². The van der Waals surface area contributed by atoms with E-state index in [1.807, 2.05) is 23.2 Å². The van der Waals surface area contributed by atoms with Gasteiger partial charge in [0.15, 0.2) is 11.5 Å². The molecule has 198 valence electrons. The first-order valence-corrected chi connectivity index (χ1v) is 13.0. The fraction of sp³-hybridized carbons (Fsp3) is 0.444. The Morgan fingerprint density at radius 1 is 1.21 bits per heavy atom. The smallest absolute Gasteiger partial charge is 0.274 e. The summed E-state index contributed by atoms with van der Waals surface area (Å²) in [6.07, 6.45) is 8.57. The Morgan fingerprint density at radius 2 is 2.08 bits per heavy atom. The number of rotatable bonds is 6. The molecule has 0 radical (unpaired) electrons. The van der Waals surface area contributed by atoms with Gasteiger partial charge in [-0.15, -0.1) is 0 Å². The zero-order chi connectivity index (χ0) is 26.3. The van der Waals surface area contributed by atoms with Crippen LogP contribution in [0.1, 0.15) is 42.6 Å². The average Bonchev–Trinajstić information content (AvgIpc) is 3.31. The number of methoxy groups -OCH3 is 1. The molecule has 6 rings (SSSR count). The molecule has 1 saturated carbocycles. The quantitative estimate of drug-likeness (QED) is 0.514. The third-order valence-electron chi connectivity index (χ3n) is 8.02. The van der Waals surface area contributed by atoms with Crippen molar-refractivity contribution in [3.8, 4) is 17.1 Å². The van der Waals surface area contributed by atoms with Crippen molar-refractivity contribution in [3.63, 3.8) is 0 Å². The van der Waals surface area contributed by atoms with Crippen LogP contribution < -0.4 is 15.0 Å². The predicted molar refractivity (Wildman–Crippen MR) is 137 cm³/mol. The Balaban J connectivity index is 1.08. The molecule has 2 amide bonds. The molecule has 5 heterocycles. The molecule has 3 aromatic rings. The lowest BCUT2D eigenvalue weighted by Crippen LogP contribution is -2.52. The van der Waals surface area contributed by atoms with Gasteiger partial charge in [-0.2, -0.15) is 5.10 Å². The number of ether oxygens (including phenoxy) is 1. The number of piperidine rings is 1. The molecule has 0 aromatic carbocycles. The van der Waals surface area contributed by atoms with E-state index >= 15 is 0 Å². The fourth-order valence-electron chi connectivity index (χ4n) is 5.77. The zero-order valence-corrected chi connectivity index (χ0v) is 21.2. The largest absolute Gasteiger partial charge is 0.481 e. The average molecular weight is 520 g/mol. The Morgan fingerprint density at radius 3 is 2.84 bits per heavy atom. The zero-order valence-electron chi connectivity index (χ0n) is 21.2. The summed E-state index contributed by atoms with van der Waals surface area (Å²) in [5.41, 5.74) is 1.60. The van der Waals surface area contributed by atoms with Crippen molar-refractivity contribution in [1.82, 2.24) is 30.4 Å². The molecule has 2 saturated heterocycles. The number of pyridine rings is 2. The molecular weight excluding hydrogens is 489 g/mol. The molecule has 0 unspecified atom stereocenters. The maximum atomic E-state index is 14.4. The van der Waals surface area contributed by atoms with Crippen LogP contribution in [0.15, 0.2) is 42.9 Å². The fourth-order valence-corrected chi connectivity index (χ4v) is 5.77. The molecule has 38 heavy (non-hydrogen) atoms. The third kappa shape index (κ3) is 4.57. The maximum Gasteiger partial charge on any atom is 0.274 e. The minimum atomic E-state index is -0.537. The topological polar surface area (TPSA) is 116 Å². The SMILES string of the molecule is COc1cc(-c2cc(C(=O)N3CC[C@H](C(=O)N[C@H]4CCN(c5cccnc5)C4)CC34CC4)n[nH]2)c(F)cn1. The van der Waals surface area contributed by atoms with E-state index in [4.69, 9.17) is 4.74 Å². The van der Waals surface area contributed by atoms with Crippen molar-refractivity contribution in [2.45, 2.75) is 43.7 Å². The lowest BCUT2D eigenvalue weighted by molar-refractivity contribution is -0.127. The summed E-state index contributed by atoms with van der Waals surface area (Å²) < 4.78 is 19.4. The first-order chi connectivity index (χ1) is 18.5. The highest BCUT2D eigenvalue weighted by molar-refractivity contribution is 5.94. The van der Waals surface area contributed by atoms with Crippen LogP contribution in [-0.2, 0) is 4.79 Å². The number of nitrogens with zero attached hydrogens (tertiary/aromatic N) is 5. The lowest BCUT2D eigenvalue weighted by atomic mass is 9.87. The van der Waals surface area contributed by atoms with E-state index in [1.54, 1.807) is 12.3 Å². The van der Waals surface area contributed by atoms with E-state index in [-0.39, 0.29) is 46.5 Å².